The van der Waals surface area contributed by atoms with Gasteiger partial charge in [-0.3, -0.25) is 14.2 Å². The highest BCUT2D eigenvalue weighted by Crippen LogP contribution is 2.23. The van der Waals surface area contributed by atoms with E-state index in [9.17, 15) is 9.59 Å². The lowest BCUT2D eigenvalue weighted by Gasteiger charge is -2.36. The van der Waals surface area contributed by atoms with Crippen LogP contribution in [0, 0.1) is 0 Å². The molecule has 5 nitrogen and oxygen atoms in total. The minimum Gasteiger partial charge on any atom is -0.333 e. The summed E-state index contributed by atoms with van der Waals surface area (Å²) in [5, 5.41) is 1.21. The molecule has 0 aliphatic carbocycles. The number of thioether (sulfide) groups is 1. The molecule has 3 aromatic rings. The average molecular weight is 424 g/mol. The largest absolute Gasteiger partial charge is 0.333 e. The zero-order valence-corrected chi connectivity index (χ0v) is 18.9. The van der Waals surface area contributed by atoms with Crippen LogP contribution in [0.5, 0.6) is 0 Å². The number of carbonyl (C=O) groups excluding carboxylic acids is 1. The molecule has 1 amide bonds. The van der Waals surface area contributed by atoms with E-state index in [0.717, 1.165) is 12.0 Å². The summed E-state index contributed by atoms with van der Waals surface area (Å²) in [6.45, 7) is 9.29. The van der Waals surface area contributed by atoms with Crippen LogP contribution in [0.15, 0.2) is 64.5 Å². The van der Waals surface area contributed by atoms with Crippen molar-refractivity contribution in [2.24, 2.45) is 0 Å². The number of carbonyl (C=O) groups is 1. The van der Waals surface area contributed by atoms with Crippen LogP contribution in [0.2, 0.25) is 0 Å². The second kappa shape index (κ2) is 9.47. The van der Waals surface area contributed by atoms with Crippen molar-refractivity contribution in [3.8, 4) is 0 Å². The van der Waals surface area contributed by atoms with Crippen LogP contribution in [0.1, 0.15) is 39.7 Å². The van der Waals surface area contributed by atoms with Gasteiger partial charge in [-0.1, -0.05) is 61.2 Å². The molecule has 6 heteroatoms. The van der Waals surface area contributed by atoms with Gasteiger partial charge in [0.1, 0.15) is 0 Å². The third-order valence-electron chi connectivity index (χ3n) is 4.89. The molecule has 1 aromatic heterocycles. The van der Waals surface area contributed by atoms with Crippen molar-refractivity contribution in [3.63, 3.8) is 0 Å². The summed E-state index contributed by atoms with van der Waals surface area (Å²) >= 11 is 1.34. The Labute approximate surface area is 182 Å². The Kier molecular flexibility index (Phi) is 6.98. The number of nitrogens with zero attached hydrogens (tertiary/aromatic N) is 3. The molecule has 0 saturated heterocycles. The molecule has 0 N–H and O–H groups in total. The lowest BCUT2D eigenvalue weighted by atomic mass is 10.0. The Bertz CT molecular complexity index is 1070. The topological polar surface area (TPSA) is 55.2 Å². The molecule has 0 saturated carbocycles. The van der Waals surface area contributed by atoms with Gasteiger partial charge in [0.2, 0.25) is 5.91 Å². The fourth-order valence-corrected chi connectivity index (χ4v) is 4.25. The quantitative estimate of drug-likeness (QED) is 0.407. The van der Waals surface area contributed by atoms with Crippen molar-refractivity contribution < 1.29 is 4.79 Å². The predicted octanol–water partition coefficient (Wildman–Crippen LogP) is 4.73. The molecule has 158 valence electrons. The van der Waals surface area contributed by atoms with Gasteiger partial charge < -0.3 is 4.90 Å². The molecule has 2 aromatic carbocycles. The van der Waals surface area contributed by atoms with E-state index in [4.69, 9.17) is 0 Å². The summed E-state index contributed by atoms with van der Waals surface area (Å²) in [6.07, 6.45) is 0.823. The van der Waals surface area contributed by atoms with Gasteiger partial charge in [-0.2, -0.15) is 0 Å². The first-order chi connectivity index (χ1) is 14.3. The van der Waals surface area contributed by atoms with Crippen molar-refractivity contribution in [1.29, 1.82) is 0 Å². The summed E-state index contributed by atoms with van der Waals surface area (Å²) in [6, 6.07) is 17.4. The number of hydrogen-bond donors (Lipinski definition) is 0. The van der Waals surface area contributed by atoms with Gasteiger partial charge in [0, 0.05) is 18.6 Å². The van der Waals surface area contributed by atoms with Crippen molar-refractivity contribution in [1.82, 2.24) is 14.5 Å². The summed E-state index contributed by atoms with van der Waals surface area (Å²) in [5.74, 6) is 0.264. The number of hydrogen-bond acceptors (Lipinski definition) is 4. The average Bonchev–Trinajstić information content (AvgIpc) is 2.72. The Balaban J connectivity index is 1.85. The van der Waals surface area contributed by atoms with Crippen LogP contribution in [-0.2, 0) is 17.9 Å². The summed E-state index contributed by atoms with van der Waals surface area (Å²) in [4.78, 5) is 32.7. The molecule has 0 aliphatic rings. The maximum atomic E-state index is 13.2. The Morgan fingerprint density at radius 2 is 1.73 bits per heavy atom. The maximum Gasteiger partial charge on any atom is 0.262 e. The molecule has 1 heterocycles. The van der Waals surface area contributed by atoms with Crippen molar-refractivity contribution in [2.75, 3.05) is 5.75 Å². The van der Waals surface area contributed by atoms with E-state index in [1.165, 1.54) is 11.8 Å². The summed E-state index contributed by atoms with van der Waals surface area (Å²) in [5.41, 5.74) is 1.40. The smallest absolute Gasteiger partial charge is 0.262 e. The van der Waals surface area contributed by atoms with Crippen molar-refractivity contribution >= 4 is 28.6 Å². The second-order valence-electron chi connectivity index (χ2n) is 8.29. The molecule has 0 radical (unpaired) electrons. The number of aromatic nitrogens is 2. The normalized spacial score (nSPS) is 11.6. The molecular formula is C24H29N3O2S. The van der Waals surface area contributed by atoms with E-state index in [1.807, 2.05) is 81.1 Å². The highest BCUT2D eigenvalue weighted by Gasteiger charge is 2.27. The number of fused-ring (bicyclic) bond motifs is 1. The van der Waals surface area contributed by atoms with Gasteiger partial charge in [0.15, 0.2) is 5.16 Å². The lowest BCUT2D eigenvalue weighted by molar-refractivity contribution is -0.133. The van der Waals surface area contributed by atoms with Gasteiger partial charge in [0.05, 0.1) is 16.7 Å². The predicted molar refractivity (Wildman–Crippen MR) is 124 cm³/mol. The lowest BCUT2D eigenvalue weighted by Crippen LogP contribution is -2.46. The molecule has 0 aliphatic heterocycles. The van der Waals surface area contributed by atoms with Crippen LogP contribution in [-0.4, -0.2) is 31.6 Å². The number of benzene rings is 2. The van der Waals surface area contributed by atoms with Gasteiger partial charge in [-0.05, 0) is 44.9 Å². The fraction of sp³-hybridized carbons (Fsp3) is 0.375. The Morgan fingerprint density at radius 1 is 1.07 bits per heavy atom. The molecule has 0 spiro atoms. The van der Waals surface area contributed by atoms with Gasteiger partial charge in [-0.25, -0.2) is 4.98 Å². The third kappa shape index (κ3) is 5.11. The van der Waals surface area contributed by atoms with Crippen molar-refractivity contribution in [3.05, 3.63) is 70.5 Å². The Morgan fingerprint density at radius 3 is 2.40 bits per heavy atom. The van der Waals surface area contributed by atoms with E-state index < -0.39 is 0 Å². The first-order valence-electron chi connectivity index (χ1n) is 10.3. The number of rotatable bonds is 7. The SMILES string of the molecule is CCCn1c(SCC(=O)N(Cc2ccccc2)C(C)(C)C)nc2ccccc2c1=O. The van der Waals surface area contributed by atoms with E-state index in [0.29, 0.717) is 29.1 Å². The maximum absolute atomic E-state index is 13.2. The molecular weight excluding hydrogens is 394 g/mol. The molecule has 0 unspecified atom stereocenters. The zero-order valence-electron chi connectivity index (χ0n) is 18.1. The third-order valence-corrected chi connectivity index (χ3v) is 5.85. The highest BCUT2D eigenvalue weighted by atomic mass is 32.2. The number of amides is 1. The fourth-order valence-electron chi connectivity index (χ4n) is 3.35. The van der Waals surface area contributed by atoms with Crippen LogP contribution >= 0.6 is 11.8 Å². The monoisotopic (exact) mass is 423 g/mol. The highest BCUT2D eigenvalue weighted by molar-refractivity contribution is 7.99. The Hall–Kier alpha value is -2.60. The molecule has 30 heavy (non-hydrogen) atoms. The zero-order chi connectivity index (χ0) is 21.7. The first-order valence-corrected chi connectivity index (χ1v) is 11.3. The van der Waals surface area contributed by atoms with Crippen LogP contribution in [0.4, 0.5) is 0 Å². The second-order valence-corrected chi connectivity index (χ2v) is 9.24. The molecule has 0 atom stereocenters. The number of para-hydroxylation sites is 1. The van der Waals surface area contributed by atoms with Crippen LogP contribution < -0.4 is 5.56 Å². The molecule has 3 rings (SSSR count). The standard InChI is InChI=1S/C24H29N3O2S/c1-5-15-26-22(29)19-13-9-10-14-20(19)25-23(26)30-17-21(28)27(24(2,3)4)16-18-11-7-6-8-12-18/h6-14H,5,15-17H2,1-4H3. The van der Waals surface area contributed by atoms with Crippen molar-refractivity contribution in [2.45, 2.75) is 57.9 Å². The van der Waals surface area contributed by atoms with Gasteiger partial charge >= 0.3 is 0 Å². The minimum atomic E-state index is -0.312. The first kappa shape index (κ1) is 22.1. The van der Waals surface area contributed by atoms with Crippen LogP contribution in [0.25, 0.3) is 10.9 Å². The van der Waals surface area contributed by atoms with Gasteiger partial charge in [0.25, 0.3) is 5.56 Å². The van der Waals surface area contributed by atoms with Gasteiger partial charge in [-0.15, -0.1) is 0 Å². The van der Waals surface area contributed by atoms with Crippen LogP contribution in [0.3, 0.4) is 0 Å². The summed E-state index contributed by atoms with van der Waals surface area (Å²) in [7, 11) is 0. The summed E-state index contributed by atoms with van der Waals surface area (Å²) < 4.78 is 1.69. The van der Waals surface area contributed by atoms with E-state index in [-0.39, 0.29) is 22.8 Å². The molecule has 0 bridgehead atoms. The minimum absolute atomic E-state index is 0.0295. The van der Waals surface area contributed by atoms with E-state index >= 15 is 0 Å². The molecule has 0 fully saturated rings. The van der Waals surface area contributed by atoms with E-state index in [1.54, 1.807) is 10.6 Å². The van der Waals surface area contributed by atoms with E-state index in [2.05, 4.69) is 4.98 Å².